The second-order valence-electron chi connectivity index (χ2n) is 6.82. The number of aromatic nitrogens is 2. The zero-order valence-corrected chi connectivity index (χ0v) is 14.5. The number of amides is 1. The molecular formula is C18H24N4O2. The fourth-order valence-electron chi connectivity index (χ4n) is 3.02. The van der Waals surface area contributed by atoms with Crippen LogP contribution in [-0.4, -0.2) is 40.2 Å². The molecule has 128 valence electrons. The van der Waals surface area contributed by atoms with Crippen LogP contribution in [0.2, 0.25) is 0 Å². The highest BCUT2D eigenvalue weighted by Crippen LogP contribution is 2.27. The number of fused-ring (bicyclic) bond motifs is 1. The summed E-state index contributed by atoms with van der Waals surface area (Å²) in [5.41, 5.74) is 0.153. The van der Waals surface area contributed by atoms with E-state index in [0.29, 0.717) is 35.1 Å². The molecule has 0 atom stereocenters. The minimum atomic E-state index is -0.276. The Morgan fingerprint density at radius 2 is 2.00 bits per heavy atom. The van der Waals surface area contributed by atoms with Gasteiger partial charge in [-0.2, -0.15) is 5.10 Å². The molecule has 1 aliphatic carbocycles. The minimum Gasteiger partial charge on any atom is -0.354 e. The molecule has 1 aromatic carbocycles. The molecule has 0 aliphatic heterocycles. The first kappa shape index (κ1) is 16.6. The lowest BCUT2D eigenvalue weighted by Crippen LogP contribution is -2.38. The van der Waals surface area contributed by atoms with Crippen molar-refractivity contribution in [1.29, 1.82) is 0 Å². The van der Waals surface area contributed by atoms with Crippen LogP contribution in [0.15, 0.2) is 29.1 Å². The van der Waals surface area contributed by atoms with Gasteiger partial charge in [-0.25, -0.2) is 4.68 Å². The molecule has 24 heavy (non-hydrogen) atoms. The number of rotatable bonds is 6. The van der Waals surface area contributed by atoms with Crippen molar-refractivity contribution in [2.45, 2.75) is 39.4 Å². The highest BCUT2D eigenvalue weighted by atomic mass is 16.2. The van der Waals surface area contributed by atoms with Gasteiger partial charge in [-0.15, -0.1) is 0 Å². The maximum atomic E-state index is 12.8. The monoisotopic (exact) mass is 328 g/mol. The average molecular weight is 328 g/mol. The first-order chi connectivity index (χ1) is 11.5. The van der Waals surface area contributed by atoms with E-state index in [2.05, 4.69) is 29.2 Å². The van der Waals surface area contributed by atoms with E-state index < -0.39 is 0 Å². The predicted molar refractivity (Wildman–Crippen MR) is 94.0 cm³/mol. The largest absolute Gasteiger partial charge is 0.354 e. The molecule has 1 saturated carbocycles. The maximum Gasteiger partial charge on any atom is 0.275 e. The summed E-state index contributed by atoms with van der Waals surface area (Å²) in [7, 11) is 1.57. The number of nitrogens with zero attached hydrogens (tertiary/aromatic N) is 3. The van der Waals surface area contributed by atoms with E-state index >= 15 is 0 Å². The van der Waals surface area contributed by atoms with Crippen LogP contribution in [0.4, 0.5) is 0 Å². The van der Waals surface area contributed by atoms with Crippen molar-refractivity contribution in [2.24, 2.45) is 5.92 Å². The van der Waals surface area contributed by atoms with Crippen molar-refractivity contribution in [2.75, 3.05) is 13.6 Å². The van der Waals surface area contributed by atoms with Crippen LogP contribution in [0.1, 0.15) is 37.2 Å². The number of hydrogen-bond acceptors (Lipinski definition) is 4. The van der Waals surface area contributed by atoms with Gasteiger partial charge in [0.1, 0.15) is 0 Å². The lowest BCUT2D eigenvalue weighted by Gasteiger charge is -2.24. The Balaban J connectivity index is 2.05. The number of carbonyl (C=O) groups excluding carboxylic acids is 1. The van der Waals surface area contributed by atoms with E-state index in [1.807, 2.05) is 12.1 Å². The summed E-state index contributed by atoms with van der Waals surface area (Å²) < 4.78 is 1.44. The van der Waals surface area contributed by atoms with Crippen molar-refractivity contribution >= 4 is 16.7 Å². The van der Waals surface area contributed by atoms with Gasteiger partial charge in [-0.3, -0.25) is 14.5 Å². The lowest BCUT2D eigenvalue weighted by atomic mass is 10.1. The third-order valence-corrected chi connectivity index (χ3v) is 4.29. The van der Waals surface area contributed by atoms with Crippen molar-refractivity contribution in [3.63, 3.8) is 0 Å². The molecular weight excluding hydrogens is 304 g/mol. The van der Waals surface area contributed by atoms with E-state index in [4.69, 9.17) is 0 Å². The van der Waals surface area contributed by atoms with E-state index in [-0.39, 0.29) is 11.5 Å². The van der Waals surface area contributed by atoms with Crippen molar-refractivity contribution < 1.29 is 4.79 Å². The Morgan fingerprint density at radius 3 is 2.58 bits per heavy atom. The molecule has 0 unspecified atom stereocenters. The molecule has 0 bridgehead atoms. The fraction of sp³-hybridized carbons (Fsp3) is 0.500. The molecule has 0 spiro atoms. The summed E-state index contributed by atoms with van der Waals surface area (Å²) in [6.07, 6.45) is 2.33. The topological polar surface area (TPSA) is 67.2 Å². The van der Waals surface area contributed by atoms with Crippen LogP contribution < -0.4 is 10.9 Å². The van der Waals surface area contributed by atoms with Crippen LogP contribution in [-0.2, 0) is 6.67 Å². The smallest absolute Gasteiger partial charge is 0.275 e. The highest BCUT2D eigenvalue weighted by Gasteiger charge is 2.30. The predicted octanol–water partition coefficient (Wildman–Crippen LogP) is 1.83. The van der Waals surface area contributed by atoms with Gasteiger partial charge in [0.15, 0.2) is 5.69 Å². The van der Waals surface area contributed by atoms with E-state index in [9.17, 15) is 9.59 Å². The summed E-state index contributed by atoms with van der Waals surface area (Å²) in [6.45, 7) is 5.68. The summed E-state index contributed by atoms with van der Waals surface area (Å²) in [5.74, 6) is 0.238. The number of carbonyl (C=O) groups is 1. The molecule has 1 heterocycles. The minimum absolute atomic E-state index is 0.146. The quantitative estimate of drug-likeness (QED) is 0.878. The normalized spacial score (nSPS) is 14.5. The summed E-state index contributed by atoms with van der Waals surface area (Å²) in [5, 5.41) is 8.12. The number of benzene rings is 1. The average Bonchev–Trinajstić information content (AvgIpc) is 3.40. The Kier molecular flexibility index (Phi) is 4.66. The van der Waals surface area contributed by atoms with Gasteiger partial charge >= 0.3 is 0 Å². The molecule has 0 saturated heterocycles. The van der Waals surface area contributed by atoms with Gasteiger partial charge in [0.25, 0.3) is 11.5 Å². The zero-order chi connectivity index (χ0) is 17.3. The van der Waals surface area contributed by atoms with Gasteiger partial charge in [-0.1, -0.05) is 32.0 Å². The molecule has 6 heteroatoms. The third kappa shape index (κ3) is 3.33. The SMILES string of the molecule is CNC(=O)c1nn(CN(CC(C)C)C2CC2)c(=O)c2ccccc12. The third-order valence-electron chi connectivity index (χ3n) is 4.29. The second kappa shape index (κ2) is 6.73. The van der Waals surface area contributed by atoms with Crippen molar-refractivity contribution in [3.05, 3.63) is 40.3 Å². The molecule has 1 amide bonds. The first-order valence-electron chi connectivity index (χ1n) is 8.47. The molecule has 1 N–H and O–H groups in total. The van der Waals surface area contributed by atoms with Crippen molar-refractivity contribution in [1.82, 2.24) is 20.0 Å². The summed E-state index contributed by atoms with van der Waals surface area (Å²) >= 11 is 0. The number of hydrogen-bond donors (Lipinski definition) is 1. The van der Waals surface area contributed by atoms with E-state index in [1.165, 1.54) is 4.68 Å². The molecule has 1 fully saturated rings. The van der Waals surface area contributed by atoms with Crippen LogP contribution in [0.5, 0.6) is 0 Å². The zero-order valence-electron chi connectivity index (χ0n) is 14.5. The lowest BCUT2D eigenvalue weighted by molar-refractivity contribution is 0.0955. The van der Waals surface area contributed by atoms with Gasteiger partial charge in [0.05, 0.1) is 12.1 Å². The fourth-order valence-corrected chi connectivity index (χ4v) is 3.02. The second-order valence-corrected chi connectivity index (χ2v) is 6.82. The van der Waals surface area contributed by atoms with E-state index in [0.717, 1.165) is 19.4 Å². The van der Waals surface area contributed by atoms with Gasteiger partial charge in [0, 0.05) is 25.0 Å². The van der Waals surface area contributed by atoms with Gasteiger partial charge in [0.2, 0.25) is 0 Å². The Hall–Kier alpha value is -2.21. The molecule has 1 aromatic heterocycles. The van der Waals surface area contributed by atoms with Crippen molar-refractivity contribution in [3.8, 4) is 0 Å². The molecule has 2 aromatic rings. The molecule has 6 nitrogen and oxygen atoms in total. The van der Waals surface area contributed by atoms with Gasteiger partial charge < -0.3 is 5.32 Å². The summed E-state index contributed by atoms with van der Waals surface area (Å²) in [6, 6.07) is 7.68. The maximum absolute atomic E-state index is 12.8. The standard InChI is InChI=1S/C18H24N4O2/c1-12(2)10-21(13-8-9-13)11-22-18(24)15-7-5-4-6-14(15)16(20-22)17(23)19-3/h4-7,12-13H,8-11H2,1-3H3,(H,19,23). The van der Waals surface area contributed by atoms with Crippen LogP contribution in [0.3, 0.4) is 0 Å². The van der Waals surface area contributed by atoms with Crippen LogP contribution >= 0.6 is 0 Å². The summed E-state index contributed by atoms with van der Waals surface area (Å²) in [4.78, 5) is 27.3. The Bertz CT molecular complexity index is 808. The van der Waals surface area contributed by atoms with Gasteiger partial charge in [-0.05, 0) is 24.8 Å². The Morgan fingerprint density at radius 1 is 1.33 bits per heavy atom. The molecule has 1 aliphatic rings. The molecule has 3 rings (SSSR count). The highest BCUT2D eigenvalue weighted by molar-refractivity contribution is 6.04. The Labute approximate surface area is 141 Å². The molecule has 0 radical (unpaired) electrons. The number of nitrogens with one attached hydrogen (secondary N) is 1. The first-order valence-corrected chi connectivity index (χ1v) is 8.47. The van der Waals surface area contributed by atoms with E-state index in [1.54, 1.807) is 19.2 Å². The van der Waals surface area contributed by atoms with Crippen LogP contribution in [0, 0.1) is 5.92 Å². The van der Waals surface area contributed by atoms with Crippen LogP contribution in [0.25, 0.3) is 10.8 Å².